The van der Waals surface area contributed by atoms with Gasteiger partial charge >= 0.3 is 0 Å². The molecule has 0 rings (SSSR count). The Labute approximate surface area is 41.5 Å². The fourth-order valence-electron chi connectivity index (χ4n) is 0. The third-order valence-corrected chi connectivity index (χ3v) is 0. The van der Waals surface area contributed by atoms with E-state index in [0.29, 0.717) is 0 Å². The Balaban J connectivity index is 0. The molecule has 0 atom stereocenters. The van der Waals surface area contributed by atoms with Gasteiger partial charge in [-0.25, -0.2) is 14.7 Å². The Bertz CT molecular complexity index is 98.9. The minimum absolute atomic E-state index is 3.67. The quantitative estimate of drug-likeness (QED) is 0.421. The average molecular weight is 127 g/mol. The summed E-state index contributed by atoms with van der Waals surface area (Å²) >= 11 is 0. The van der Waals surface area contributed by atoms with E-state index >= 15 is 0 Å². The summed E-state index contributed by atoms with van der Waals surface area (Å²) < 4.78 is 27.1. The summed E-state index contributed by atoms with van der Waals surface area (Å²) in [5.41, 5.74) is 0. The van der Waals surface area contributed by atoms with Crippen LogP contribution in [-0.2, 0) is 10.2 Å². The summed E-state index contributed by atoms with van der Waals surface area (Å²) in [5, 5.41) is 8.21. The van der Waals surface area contributed by atoms with Crippen LogP contribution in [0.25, 0.3) is 0 Å². The molecule has 0 amide bonds. The van der Waals surface area contributed by atoms with Gasteiger partial charge in [-0.05, 0) is 0 Å². The lowest BCUT2D eigenvalue weighted by molar-refractivity contribution is 0.599. The Morgan fingerprint density at radius 2 is 1.29 bits per heavy atom. The minimum atomic E-state index is -3.67. The largest absolute Gasteiger partial charge is 0.271 e. The molecule has 0 aliphatic heterocycles. The molecule has 7 heavy (non-hydrogen) atoms. The minimum Gasteiger partial charge on any atom is -0.232 e. The van der Waals surface area contributed by atoms with Crippen molar-refractivity contribution >= 4 is 10.2 Å². The Kier molecular flexibility index (Phi) is 5.63. The number of hydrogen-bond donors (Lipinski definition) is 2. The lowest BCUT2D eigenvalue weighted by Crippen LogP contribution is -2.21. The molecule has 0 aliphatic rings. The van der Waals surface area contributed by atoms with Crippen molar-refractivity contribution in [2.75, 3.05) is 0 Å². The van der Waals surface area contributed by atoms with Crippen molar-refractivity contribution < 1.29 is 12.8 Å². The van der Waals surface area contributed by atoms with Crippen molar-refractivity contribution in [2.24, 2.45) is 10.3 Å². The molecule has 0 spiro atoms. The zero-order valence-electron chi connectivity index (χ0n) is 3.26. The van der Waals surface area contributed by atoms with Gasteiger partial charge in [0.15, 0.2) is 0 Å². The van der Waals surface area contributed by atoms with Crippen molar-refractivity contribution in [1.82, 2.24) is 0 Å². The van der Waals surface area contributed by atoms with Crippen molar-refractivity contribution in [3.63, 3.8) is 0 Å². The Morgan fingerprint density at radius 3 is 1.29 bits per heavy atom. The van der Waals surface area contributed by atoms with Gasteiger partial charge < -0.3 is 0 Å². The van der Waals surface area contributed by atoms with Gasteiger partial charge in [0.1, 0.15) is 0 Å². The fourth-order valence-corrected chi connectivity index (χ4v) is 0. The van der Waals surface area contributed by atoms with Crippen LogP contribution in [-0.4, -0.2) is 8.42 Å². The molecule has 0 aromatic heterocycles. The van der Waals surface area contributed by atoms with E-state index in [1.54, 1.807) is 0 Å². The van der Waals surface area contributed by atoms with Crippen LogP contribution in [0.15, 0.2) is 0 Å². The molecule has 6 heteroatoms. The van der Waals surface area contributed by atoms with Crippen molar-refractivity contribution in [2.45, 2.75) is 0 Å². The van der Waals surface area contributed by atoms with Crippen LogP contribution in [0.4, 0.5) is 4.39 Å². The van der Waals surface area contributed by atoms with Crippen LogP contribution in [0.5, 0.6) is 0 Å². The maximum absolute atomic E-state index is 9.19. The molecule has 0 bridgehead atoms. The molecule has 4 N–H and O–H groups in total. The molecule has 0 fully saturated rings. The average Bonchev–Trinajstić information content (AvgIpc) is 1.36. The van der Waals surface area contributed by atoms with E-state index in [1.165, 1.54) is 0 Å². The van der Waals surface area contributed by atoms with Gasteiger partial charge in [0.25, 0.3) is 10.2 Å². The zero-order chi connectivity index (χ0) is 6.50. The Hall–Kier alpha value is -0.200. The summed E-state index contributed by atoms with van der Waals surface area (Å²) in [5.74, 6) is 0. The zero-order valence-corrected chi connectivity index (χ0v) is 4.07. The standard InChI is InChI=1S/CF.H4N2O2S/c1-2;1-5(2,3)4/h;(H4,1,2,3,4). The second-order valence-electron chi connectivity index (χ2n) is 0.589. The van der Waals surface area contributed by atoms with E-state index in [1.807, 2.05) is 0 Å². The number of hydrogen-bond acceptors (Lipinski definition) is 2. The molecule has 0 aromatic carbocycles. The smallest absolute Gasteiger partial charge is 0.232 e. The number of nitrogens with two attached hydrogens (primary N) is 2. The lowest BCUT2D eigenvalue weighted by Gasteiger charge is -1.72. The first kappa shape index (κ1) is 9.93. The lowest BCUT2D eigenvalue weighted by atomic mass is 11.9. The molecular formula is CH4FN2O2S. The normalized spacial score (nSPS) is 9.14. The Morgan fingerprint density at radius 1 is 1.29 bits per heavy atom. The molecule has 0 saturated carbocycles. The van der Waals surface area contributed by atoms with Gasteiger partial charge in [0, 0.05) is 0 Å². The van der Waals surface area contributed by atoms with Crippen LogP contribution in [0.1, 0.15) is 0 Å². The van der Waals surface area contributed by atoms with Gasteiger partial charge in [-0.2, -0.15) is 8.42 Å². The monoisotopic (exact) mass is 127 g/mol. The molecule has 0 aliphatic carbocycles. The van der Waals surface area contributed by atoms with Gasteiger partial charge in [-0.15, -0.1) is 0 Å². The van der Waals surface area contributed by atoms with Crippen LogP contribution < -0.4 is 10.3 Å². The van der Waals surface area contributed by atoms with Crippen molar-refractivity contribution in [3.8, 4) is 0 Å². The SMILES string of the molecule is NS(N)(=O)=O.[C]F. The summed E-state index contributed by atoms with van der Waals surface area (Å²) in [4.78, 5) is 0. The highest BCUT2D eigenvalue weighted by Crippen LogP contribution is 1.40. The predicted molar refractivity (Wildman–Crippen MR) is 21.6 cm³/mol. The highest BCUT2D eigenvalue weighted by Gasteiger charge is 1.78. The van der Waals surface area contributed by atoms with Crippen molar-refractivity contribution in [3.05, 3.63) is 7.18 Å². The second-order valence-corrected chi connectivity index (χ2v) is 1.77. The fraction of sp³-hybridized carbons (Fsp3) is 0. The predicted octanol–water partition coefficient (Wildman–Crippen LogP) is -1.35. The van der Waals surface area contributed by atoms with Gasteiger partial charge in [0.2, 0.25) is 7.18 Å². The van der Waals surface area contributed by atoms with E-state index in [0.717, 1.165) is 0 Å². The summed E-state index contributed by atoms with van der Waals surface area (Å²) in [6.45, 7) is 0. The molecule has 0 unspecified atom stereocenters. The van der Waals surface area contributed by atoms with E-state index in [-0.39, 0.29) is 0 Å². The van der Waals surface area contributed by atoms with E-state index in [9.17, 15) is 8.42 Å². The van der Waals surface area contributed by atoms with E-state index in [4.69, 9.17) is 4.39 Å². The van der Waals surface area contributed by atoms with Gasteiger partial charge in [-0.1, -0.05) is 0 Å². The third-order valence-electron chi connectivity index (χ3n) is 0. The molecule has 0 aromatic rings. The van der Waals surface area contributed by atoms with Crippen LogP contribution in [0, 0.1) is 7.18 Å². The van der Waals surface area contributed by atoms with Crippen LogP contribution >= 0.6 is 0 Å². The molecule has 3 radical (unpaired) electrons. The molecule has 0 saturated heterocycles. The van der Waals surface area contributed by atoms with Crippen molar-refractivity contribution in [1.29, 1.82) is 0 Å². The maximum atomic E-state index is 9.19. The second kappa shape index (κ2) is 3.97. The summed E-state index contributed by atoms with van der Waals surface area (Å²) in [7, 11) is 0.583. The third kappa shape index (κ3) is 2090. The summed E-state index contributed by atoms with van der Waals surface area (Å²) in [6, 6.07) is 0. The van der Waals surface area contributed by atoms with Crippen LogP contribution in [0.2, 0.25) is 0 Å². The van der Waals surface area contributed by atoms with Gasteiger partial charge in [-0.3, -0.25) is 0 Å². The van der Waals surface area contributed by atoms with E-state index in [2.05, 4.69) is 17.5 Å². The maximum Gasteiger partial charge on any atom is 0.271 e. The summed E-state index contributed by atoms with van der Waals surface area (Å²) in [6.07, 6.45) is 0. The highest BCUT2D eigenvalue weighted by molar-refractivity contribution is 7.86. The first-order valence-electron chi connectivity index (χ1n) is 0.994. The molecular weight excluding hydrogens is 123 g/mol. The molecule has 4 nitrogen and oxygen atoms in total. The topological polar surface area (TPSA) is 86.2 Å². The molecule has 0 heterocycles. The molecule has 43 valence electrons. The van der Waals surface area contributed by atoms with Gasteiger partial charge in [0.05, 0.1) is 0 Å². The van der Waals surface area contributed by atoms with Crippen LogP contribution in [0.3, 0.4) is 0 Å². The number of halogens is 1. The first-order chi connectivity index (χ1) is 3.00. The first-order valence-corrected chi connectivity index (χ1v) is 2.60. The van der Waals surface area contributed by atoms with E-state index < -0.39 is 10.2 Å². The number of rotatable bonds is 0. The highest BCUT2D eigenvalue weighted by atomic mass is 32.2.